The average molecular weight is 355 g/mol. The van der Waals surface area contributed by atoms with Gasteiger partial charge >= 0.3 is 0 Å². The van der Waals surface area contributed by atoms with Crippen molar-refractivity contribution in [3.63, 3.8) is 0 Å². The van der Waals surface area contributed by atoms with Gasteiger partial charge < -0.3 is 15.0 Å². The highest BCUT2D eigenvalue weighted by atomic mass is 16.6. The van der Waals surface area contributed by atoms with Crippen LogP contribution < -0.4 is 15.0 Å². The molecular formula is C18H17N3O5. The van der Waals surface area contributed by atoms with Crippen molar-refractivity contribution < 1.29 is 19.2 Å². The molecule has 2 aromatic rings. The highest BCUT2D eigenvalue weighted by Crippen LogP contribution is 2.31. The second-order valence-electron chi connectivity index (χ2n) is 5.81. The number of nitro groups is 1. The van der Waals surface area contributed by atoms with Gasteiger partial charge in [-0.15, -0.1) is 0 Å². The summed E-state index contributed by atoms with van der Waals surface area (Å²) in [6.45, 7) is 1.71. The molecule has 8 heteroatoms. The van der Waals surface area contributed by atoms with Crippen LogP contribution in [0.4, 0.5) is 17.1 Å². The molecule has 1 heterocycles. The zero-order valence-electron chi connectivity index (χ0n) is 14.1. The van der Waals surface area contributed by atoms with Gasteiger partial charge in [-0.1, -0.05) is 18.2 Å². The lowest BCUT2D eigenvalue weighted by Crippen LogP contribution is -2.40. The van der Waals surface area contributed by atoms with Gasteiger partial charge in [0, 0.05) is 19.0 Å². The van der Waals surface area contributed by atoms with Crippen LogP contribution in [-0.2, 0) is 9.59 Å². The molecule has 1 aliphatic heterocycles. The van der Waals surface area contributed by atoms with Gasteiger partial charge in [-0.2, -0.15) is 0 Å². The Morgan fingerprint density at radius 3 is 2.81 bits per heavy atom. The summed E-state index contributed by atoms with van der Waals surface area (Å²) in [5.41, 5.74) is 1.35. The van der Waals surface area contributed by atoms with Crippen LogP contribution in [0.25, 0.3) is 0 Å². The van der Waals surface area contributed by atoms with Crippen LogP contribution in [0.15, 0.2) is 42.5 Å². The molecule has 0 aliphatic carbocycles. The number of nitrogens with zero attached hydrogens (tertiary/aromatic N) is 2. The Balaban J connectivity index is 1.68. The first-order chi connectivity index (χ1) is 12.5. The van der Waals surface area contributed by atoms with Crippen LogP contribution in [0.2, 0.25) is 0 Å². The summed E-state index contributed by atoms with van der Waals surface area (Å²) < 4.78 is 5.36. The molecule has 0 fully saturated rings. The molecule has 2 aromatic carbocycles. The SMILES string of the molecule is Cc1c(NC(=O)CCN2C(=O)COc3ccccc32)cccc1[N+](=O)[O-]. The van der Waals surface area contributed by atoms with E-state index < -0.39 is 4.92 Å². The third-order valence-electron chi connectivity index (χ3n) is 4.15. The molecule has 2 amide bonds. The van der Waals surface area contributed by atoms with Gasteiger partial charge in [0.1, 0.15) is 5.75 Å². The van der Waals surface area contributed by atoms with E-state index in [0.29, 0.717) is 22.7 Å². The monoisotopic (exact) mass is 355 g/mol. The lowest BCUT2D eigenvalue weighted by atomic mass is 10.1. The molecule has 0 bridgehead atoms. The standard InChI is InChI=1S/C18H17N3O5/c1-12-13(5-4-7-14(12)21(24)25)19-17(22)9-10-20-15-6-2-3-8-16(15)26-11-18(20)23/h2-8H,9-11H2,1H3,(H,19,22). The third kappa shape index (κ3) is 3.49. The fourth-order valence-corrected chi connectivity index (χ4v) is 2.78. The van der Waals surface area contributed by atoms with E-state index in [2.05, 4.69) is 5.32 Å². The predicted molar refractivity (Wildman–Crippen MR) is 95.4 cm³/mol. The Morgan fingerprint density at radius 2 is 2.04 bits per heavy atom. The highest BCUT2D eigenvalue weighted by Gasteiger charge is 2.25. The van der Waals surface area contributed by atoms with E-state index in [-0.39, 0.29) is 37.1 Å². The summed E-state index contributed by atoms with van der Waals surface area (Å²) in [6, 6.07) is 11.6. The van der Waals surface area contributed by atoms with Crippen LogP contribution in [-0.4, -0.2) is 29.9 Å². The Labute approximate surface area is 149 Å². The van der Waals surface area contributed by atoms with Crippen LogP contribution in [0.5, 0.6) is 5.75 Å². The summed E-state index contributed by atoms with van der Waals surface area (Å²) in [5.74, 6) is 0.0513. The van der Waals surface area contributed by atoms with E-state index in [9.17, 15) is 19.7 Å². The minimum atomic E-state index is -0.492. The number of benzene rings is 2. The van der Waals surface area contributed by atoms with Crippen molar-refractivity contribution >= 4 is 28.9 Å². The van der Waals surface area contributed by atoms with Gasteiger partial charge in [-0.3, -0.25) is 19.7 Å². The first-order valence-corrected chi connectivity index (χ1v) is 8.03. The van der Waals surface area contributed by atoms with Crippen molar-refractivity contribution in [1.82, 2.24) is 0 Å². The van der Waals surface area contributed by atoms with Gasteiger partial charge in [-0.05, 0) is 25.1 Å². The Morgan fingerprint density at radius 1 is 1.27 bits per heavy atom. The number of nitrogens with one attached hydrogen (secondary N) is 1. The Hall–Kier alpha value is -3.42. The number of fused-ring (bicyclic) bond motifs is 1. The molecule has 8 nitrogen and oxygen atoms in total. The van der Waals surface area contributed by atoms with Crippen molar-refractivity contribution in [3.8, 4) is 5.75 Å². The number of ether oxygens (including phenoxy) is 1. The fourth-order valence-electron chi connectivity index (χ4n) is 2.78. The van der Waals surface area contributed by atoms with Gasteiger partial charge in [0.25, 0.3) is 11.6 Å². The summed E-state index contributed by atoms with van der Waals surface area (Å²) in [6.07, 6.45) is 0.0577. The maximum absolute atomic E-state index is 12.3. The second kappa shape index (κ2) is 7.22. The minimum Gasteiger partial charge on any atom is -0.482 e. The molecular weight excluding hydrogens is 338 g/mol. The number of hydrogen-bond donors (Lipinski definition) is 1. The molecule has 0 atom stereocenters. The van der Waals surface area contributed by atoms with Gasteiger partial charge in [0.15, 0.2) is 6.61 Å². The van der Waals surface area contributed by atoms with E-state index in [1.165, 1.54) is 17.0 Å². The maximum atomic E-state index is 12.3. The molecule has 0 radical (unpaired) electrons. The normalized spacial score (nSPS) is 13.0. The summed E-state index contributed by atoms with van der Waals surface area (Å²) >= 11 is 0. The number of anilines is 2. The molecule has 26 heavy (non-hydrogen) atoms. The smallest absolute Gasteiger partial charge is 0.274 e. The van der Waals surface area contributed by atoms with Gasteiger partial charge in [0.2, 0.25) is 5.91 Å². The number of rotatable bonds is 5. The zero-order chi connectivity index (χ0) is 18.7. The number of amides is 2. The number of carbonyl (C=O) groups is 2. The second-order valence-corrected chi connectivity index (χ2v) is 5.81. The Bertz CT molecular complexity index is 881. The van der Waals surface area contributed by atoms with Crippen LogP contribution >= 0.6 is 0 Å². The lowest BCUT2D eigenvalue weighted by molar-refractivity contribution is -0.385. The van der Waals surface area contributed by atoms with Crippen LogP contribution in [0, 0.1) is 17.0 Å². The van der Waals surface area contributed by atoms with Crippen molar-refractivity contribution in [3.05, 3.63) is 58.1 Å². The first kappa shape index (κ1) is 17.4. The van der Waals surface area contributed by atoms with Gasteiger partial charge in [-0.25, -0.2) is 0 Å². The first-order valence-electron chi connectivity index (χ1n) is 8.03. The van der Waals surface area contributed by atoms with Crippen molar-refractivity contribution in [2.75, 3.05) is 23.4 Å². The predicted octanol–water partition coefficient (Wildman–Crippen LogP) is 2.66. The summed E-state index contributed by atoms with van der Waals surface area (Å²) in [5, 5.41) is 13.7. The summed E-state index contributed by atoms with van der Waals surface area (Å²) in [4.78, 5) is 36.4. The van der Waals surface area contributed by atoms with E-state index in [1.54, 1.807) is 31.2 Å². The molecule has 1 aliphatic rings. The van der Waals surface area contributed by atoms with Crippen molar-refractivity contribution in [1.29, 1.82) is 0 Å². The molecule has 0 saturated carbocycles. The Kier molecular flexibility index (Phi) is 4.83. The molecule has 3 rings (SSSR count). The number of para-hydroxylation sites is 2. The van der Waals surface area contributed by atoms with Crippen LogP contribution in [0.1, 0.15) is 12.0 Å². The largest absolute Gasteiger partial charge is 0.482 e. The minimum absolute atomic E-state index is 0.0555. The number of nitro benzene ring substituents is 1. The topological polar surface area (TPSA) is 102 Å². The fraction of sp³-hybridized carbons (Fsp3) is 0.222. The van der Waals surface area contributed by atoms with E-state index in [4.69, 9.17) is 4.74 Å². The van der Waals surface area contributed by atoms with Crippen LogP contribution in [0.3, 0.4) is 0 Å². The molecule has 134 valence electrons. The number of carbonyl (C=O) groups excluding carboxylic acids is 2. The average Bonchev–Trinajstić information content (AvgIpc) is 2.62. The quantitative estimate of drug-likeness (QED) is 0.656. The molecule has 0 saturated heterocycles. The third-order valence-corrected chi connectivity index (χ3v) is 4.15. The zero-order valence-corrected chi connectivity index (χ0v) is 14.1. The highest BCUT2D eigenvalue weighted by molar-refractivity contribution is 5.99. The molecule has 0 aromatic heterocycles. The summed E-state index contributed by atoms with van der Waals surface area (Å²) in [7, 11) is 0. The van der Waals surface area contributed by atoms with E-state index in [1.807, 2.05) is 6.07 Å². The lowest BCUT2D eigenvalue weighted by Gasteiger charge is -2.29. The van der Waals surface area contributed by atoms with E-state index in [0.717, 1.165) is 0 Å². The molecule has 0 spiro atoms. The molecule has 1 N–H and O–H groups in total. The van der Waals surface area contributed by atoms with E-state index >= 15 is 0 Å². The molecule has 0 unspecified atom stereocenters. The number of hydrogen-bond acceptors (Lipinski definition) is 5. The van der Waals surface area contributed by atoms with Crippen molar-refractivity contribution in [2.24, 2.45) is 0 Å². The van der Waals surface area contributed by atoms with Gasteiger partial charge in [0.05, 0.1) is 21.9 Å². The van der Waals surface area contributed by atoms with Crippen molar-refractivity contribution in [2.45, 2.75) is 13.3 Å². The maximum Gasteiger partial charge on any atom is 0.274 e.